The fourth-order valence-corrected chi connectivity index (χ4v) is 1.88. The minimum absolute atomic E-state index is 0.363. The zero-order valence-corrected chi connectivity index (χ0v) is 11.0. The number of benzene rings is 1. The molecule has 0 bridgehead atoms. The van der Waals surface area contributed by atoms with Crippen LogP contribution in [0.1, 0.15) is 5.56 Å². The minimum atomic E-state index is -4.57. The van der Waals surface area contributed by atoms with Crippen LogP contribution in [0, 0.1) is 0 Å². The predicted molar refractivity (Wildman–Crippen MR) is 66.6 cm³/mol. The van der Waals surface area contributed by atoms with Gasteiger partial charge in [0.2, 0.25) is 0 Å². The molecule has 0 aliphatic rings. The van der Waals surface area contributed by atoms with Crippen LogP contribution >= 0.6 is 11.8 Å². The molecule has 0 saturated heterocycles. The van der Waals surface area contributed by atoms with E-state index >= 15 is 0 Å². The van der Waals surface area contributed by atoms with Crippen LogP contribution in [0.3, 0.4) is 0 Å². The first-order valence-electron chi connectivity index (χ1n) is 5.06. The summed E-state index contributed by atoms with van der Waals surface area (Å²) in [5, 5.41) is 0. The molecule has 104 valence electrons. The Bertz CT molecular complexity index is 483. The lowest BCUT2D eigenvalue weighted by molar-refractivity contribution is -0.135. The summed E-state index contributed by atoms with van der Waals surface area (Å²) in [5.74, 6) is -0.681. The van der Waals surface area contributed by atoms with E-state index in [0.29, 0.717) is 11.3 Å². The fraction of sp³-hybridized carbons (Fsp3) is 0.250. The molecule has 0 fully saturated rings. The molecule has 0 N–H and O–H groups in total. The summed E-state index contributed by atoms with van der Waals surface area (Å²) in [7, 11) is 2.41. The van der Waals surface area contributed by atoms with Crippen LogP contribution in [-0.4, -0.2) is 25.7 Å². The SMILES string of the molecule is COC(=O)/C(=C/c1ccccc1OC)SC(F)(F)F. The predicted octanol–water partition coefficient (Wildman–Crippen LogP) is 3.46. The van der Waals surface area contributed by atoms with Gasteiger partial charge in [0.15, 0.2) is 0 Å². The highest BCUT2D eigenvalue weighted by Crippen LogP contribution is 2.38. The Balaban J connectivity index is 3.16. The summed E-state index contributed by atoms with van der Waals surface area (Å²) in [6.45, 7) is 0. The number of hydrogen-bond acceptors (Lipinski definition) is 4. The molecule has 0 unspecified atom stereocenters. The smallest absolute Gasteiger partial charge is 0.446 e. The lowest BCUT2D eigenvalue weighted by Gasteiger charge is -2.09. The van der Waals surface area contributed by atoms with Crippen molar-refractivity contribution in [1.82, 2.24) is 0 Å². The molecule has 0 saturated carbocycles. The Morgan fingerprint density at radius 1 is 1.26 bits per heavy atom. The molecular weight excluding hydrogens is 281 g/mol. The van der Waals surface area contributed by atoms with E-state index in [4.69, 9.17) is 4.74 Å². The van der Waals surface area contributed by atoms with E-state index in [0.717, 1.165) is 13.2 Å². The van der Waals surface area contributed by atoms with Gasteiger partial charge in [-0.2, -0.15) is 13.2 Å². The maximum atomic E-state index is 12.4. The maximum Gasteiger partial charge on any atom is 0.446 e. The highest BCUT2D eigenvalue weighted by Gasteiger charge is 2.33. The monoisotopic (exact) mass is 292 g/mol. The quantitative estimate of drug-likeness (QED) is 0.629. The van der Waals surface area contributed by atoms with Crippen molar-refractivity contribution in [3.63, 3.8) is 0 Å². The molecule has 0 heterocycles. The van der Waals surface area contributed by atoms with Crippen molar-refractivity contribution in [2.45, 2.75) is 5.51 Å². The Hall–Kier alpha value is -1.63. The highest BCUT2D eigenvalue weighted by atomic mass is 32.2. The molecular formula is C12H11F3O3S. The van der Waals surface area contributed by atoms with Gasteiger partial charge >= 0.3 is 11.5 Å². The standard InChI is InChI=1S/C12H11F3O3S/c1-17-9-6-4-3-5-8(9)7-10(11(16)18-2)19-12(13,14)15/h3-7H,1-2H3/b10-7-. The van der Waals surface area contributed by atoms with Crippen molar-refractivity contribution in [3.05, 3.63) is 34.7 Å². The number of ether oxygens (including phenoxy) is 2. The third kappa shape index (κ3) is 4.86. The highest BCUT2D eigenvalue weighted by molar-refractivity contribution is 8.04. The van der Waals surface area contributed by atoms with Crippen LogP contribution in [-0.2, 0) is 9.53 Å². The molecule has 7 heteroatoms. The Morgan fingerprint density at radius 3 is 2.42 bits per heavy atom. The second kappa shape index (κ2) is 6.51. The van der Waals surface area contributed by atoms with E-state index in [9.17, 15) is 18.0 Å². The first kappa shape index (κ1) is 15.4. The van der Waals surface area contributed by atoms with Gasteiger partial charge in [-0.3, -0.25) is 0 Å². The second-order valence-electron chi connectivity index (χ2n) is 3.29. The van der Waals surface area contributed by atoms with Gasteiger partial charge in [-0.05, 0) is 23.9 Å². The van der Waals surface area contributed by atoms with E-state index in [1.807, 2.05) is 0 Å². The van der Waals surface area contributed by atoms with Crippen LogP contribution in [0.25, 0.3) is 6.08 Å². The van der Waals surface area contributed by atoms with E-state index in [2.05, 4.69) is 4.74 Å². The Morgan fingerprint density at radius 2 is 1.89 bits per heavy atom. The summed E-state index contributed by atoms with van der Waals surface area (Å²) in [4.78, 5) is 10.8. The van der Waals surface area contributed by atoms with Crippen LogP contribution in [0.2, 0.25) is 0 Å². The largest absolute Gasteiger partial charge is 0.496 e. The molecule has 1 aromatic rings. The lowest BCUT2D eigenvalue weighted by atomic mass is 10.2. The molecule has 0 spiro atoms. The van der Waals surface area contributed by atoms with Crippen molar-refractivity contribution >= 4 is 23.8 Å². The molecule has 19 heavy (non-hydrogen) atoms. The van der Waals surface area contributed by atoms with Gasteiger partial charge in [-0.25, -0.2) is 4.79 Å². The third-order valence-corrected chi connectivity index (χ3v) is 2.77. The molecule has 1 aromatic carbocycles. The minimum Gasteiger partial charge on any atom is -0.496 e. The molecule has 0 radical (unpaired) electrons. The van der Waals surface area contributed by atoms with Crippen molar-refractivity contribution in [2.75, 3.05) is 14.2 Å². The maximum absolute atomic E-state index is 12.4. The van der Waals surface area contributed by atoms with Crippen molar-refractivity contribution in [3.8, 4) is 5.75 Å². The molecule has 0 aromatic heterocycles. The normalized spacial score (nSPS) is 12.2. The van der Waals surface area contributed by atoms with Gasteiger partial charge in [0.05, 0.1) is 14.2 Å². The summed E-state index contributed by atoms with van der Waals surface area (Å²) in [6.07, 6.45) is 1.09. The summed E-state index contributed by atoms with van der Waals surface area (Å²) < 4.78 is 46.4. The fourth-order valence-electron chi connectivity index (χ4n) is 1.28. The number of methoxy groups -OCH3 is 2. The number of para-hydroxylation sites is 1. The Kier molecular flexibility index (Phi) is 5.29. The van der Waals surface area contributed by atoms with E-state index in [1.54, 1.807) is 24.3 Å². The summed E-state index contributed by atoms with van der Waals surface area (Å²) in [5.41, 5.74) is -4.20. The second-order valence-corrected chi connectivity index (χ2v) is 4.40. The van der Waals surface area contributed by atoms with Gasteiger partial charge < -0.3 is 9.47 Å². The van der Waals surface area contributed by atoms with Crippen LogP contribution in [0.5, 0.6) is 5.75 Å². The van der Waals surface area contributed by atoms with Crippen LogP contribution in [0.15, 0.2) is 29.2 Å². The van der Waals surface area contributed by atoms with Gasteiger partial charge in [0.25, 0.3) is 0 Å². The van der Waals surface area contributed by atoms with Gasteiger partial charge in [0.1, 0.15) is 10.7 Å². The zero-order valence-electron chi connectivity index (χ0n) is 10.2. The van der Waals surface area contributed by atoms with E-state index in [-0.39, 0.29) is 0 Å². The van der Waals surface area contributed by atoms with Crippen LogP contribution in [0.4, 0.5) is 13.2 Å². The third-order valence-electron chi connectivity index (χ3n) is 2.04. The lowest BCUT2D eigenvalue weighted by Crippen LogP contribution is -2.08. The number of rotatable bonds is 4. The number of carbonyl (C=O) groups excluding carboxylic acids is 1. The first-order valence-corrected chi connectivity index (χ1v) is 5.88. The molecule has 0 amide bonds. The molecule has 0 aliphatic heterocycles. The zero-order chi connectivity index (χ0) is 14.5. The number of alkyl halides is 3. The number of esters is 1. The van der Waals surface area contributed by atoms with E-state index < -0.39 is 28.1 Å². The number of halogens is 3. The van der Waals surface area contributed by atoms with Crippen LogP contribution < -0.4 is 4.74 Å². The van der Waals surface area contributed by atoms with Gasteiger partial charge in [-0.1, -0.05) is 18.2 Å². The van der Waals surface area contributed by atoms with E-state index in [1.165, 1.54) is 7.11 Å². The molecule has 0 atom stereocenters. The topological polar surface area (TPSA) is 35.5 Å². The Labute approximate surface area is 112 Å². The number of thioether (sulfide) groups is 1. The van der Waals surface area contributed by atoms with Crippen molar-refractivity contribution < 1.29 is 27.4 Å². The molecule has 0 aliphatic carbocycles. The van der Waals surface area contributed by atoms with Gasteiger partial charge in [-0.15, -0.1) is 0 Å². The van der Waals surface area contributed by atoms with Crippen molar-refractivity contribution in [2.24, 2.45) is 0 Å². The first-order chi connectivity index (χ1) is 8.87. The molecule has 3 nitrogen and oxygen atoms in total. The average molecular weight is 292 g/mol. The summed E-state index contributed by atoms with van der Waals surface area (Å²) in [6, 6.07) is 6.42. The summed E-state index contributed by atoms with van der Waals surface area (Å²) >= 11 is -0.520. The number of hydrogen-bond donors (Lipinski definition) is 0. The number of carbonyl (C=O) groups is 1. The average Bonchev–Trinajstić information content (AvgIpc) is 2.36. The van der Waals surface area contributed by atoms with Crippen molar-refractivity contribution in [1.29, 1.82) is 0 Å². The van der Waals surface area contributed by atoms with Gasteiger partial charge in [0, 0.05) is 5.56 Å². The molecule has 1 rings (SSSR count).